The molecular weight excluding hydrogens is 402 g/mol. The summed E-state index contributed by atoms with van der Waals surface area (Å²) in [5.41, 5.74) is 1.60. The van der Waals surface area contributed by atoms with Gasteiger partial charge >= 0.3 is 0 Å². The number of nitrogens with one attached hydrogen (secondary N) is 2. The summed E-state index contributed by atoms with van der Waals surface area (Å²) in [6, 6.07) is 8.55. The highest BCUT2D eigenvalue weighted by atomic mass is 79.9. The number of imidazole rings is 1. The number of halogens is 1. The lowest BCUT2D eigenvalue weighted by atomic mass is 9.96. The zero-order valence-corrected chi connectivity index (χ0v) is 17.9. The molecule has 0 saturated heterocycles. The van der Waals surface area contributed by atoms with Crippen LogP contribution in [0, 0.1) is 6.92 Å². The maximum Gasteiger partial charge on any atom is 0.191 e. The van der Waals surface area contributed by atoms with E-state index in [4.69, 9.17) is 4.99 Å². The second-order valence-electron chi connectivity index (χ2n) is 7.26. The summed E-state index contributed by atoms with van der Waals surface area (Å²) in [6.45, 7) is 7.82. The topological polar surface area (TPSA) is 54.2 Å². The molecule has 0 spiro atoms. The summed E-state index contributed by atoms with van der Waals surface area (Å²) < 4.78 is 3.40. The molecule has 1 fully saturated rings. The van der Waals surface area contributed by atoms with E-state index in [1.807, 2.05) is 19.3 Å². The van der Waals surface area contributed by atoms with Crippen molar-refractivity contribution in [3.63, 3.8) is 0 Å². The van der Waals surface area contributed by atoms with Crippen molar-refractivity contribution in [2.75, 3.05) is 19.6 Å². The first kappa shape index (κ1) is 19.9. The third kappa shape index (κ3) is 5.34. The second kappa shape index (κ2) is 9.40. The van der Waals surface area contributed by atoms with Crippen molar-refractivity contribution in [2.24, 2.45) is 4.99 Å². The smallest absolute Gasteiger partial charge is 0.191 e. The average Bonchev–Trinajstić information content (AvgIpc) is 3.35. The third-order valence-corrected chi connectivity index (χ3v) is 5.92. The molecule has 1 saturated carbocycles. The van der Waals surface area contributed by atoms with Crippen molar-refractivity contribution >= 4 is 21.9 Å². The first-order valence-electron chi connectivity index (χ1n) is 9.89. The fourth-order valence-corrected chi connectivity index (χ4v) is 4.09. The molecule has 146 valence electrons. The van der Waals surface area contributed by atoms with Crippen molar-refractivity contribution < 1.29 is 0 Å². The first-order chi connectivity index (χ1) is 13.1. The Hall–Kier alpha value is -1.82. The highest BCUT2D eigenvalue weighted by Crippen LogP contribution is 2.50. The van der Waals surface area contributed by atoms with E-state index in [1.165, 1.54) is 22.9 Å². The number of hydrogen-bond donors (Lipinski definition) is 2. The van der Waals surface area contributed by atoms with Crippen LogP contribution in [0.5, 0.6) is 0 Å². The lowest BCUT2D eigenvalue weighted by molar-refractivity contribution is 0.587. The Labute approximate surface area is 170 Å². The van der Waals surface area contributed by atoms with Crippen LogP contribution in [-0.4, -0.2) is 35.1 Å². The van der Waals surface area contributed by atoms with Crippen molar-refractivity contribution in [1.82, 2.24) is 20.2 Å². The fourth-order valence-electron chi connectivity index (χ4n) is 3.38. The van der Waals surface area contributed by atoms with E-state index in [9.17, 15) is 0 Å². The Bertz CT molecular complexity index is 763. The van der Waals surface area contributed by atoms with Crippen molar-refractivity contribution in [3.05, 3.63) is 52.5 Å². The number of hydrogen-bond acceptors (Lipinski definition) is 2. The van der Waals surface area contributed by atoms with Crippen LogP contribution in [0.1, 0.15) is 44.0 Å². The summed E-state index contributed by atoms with van der Waals surface area (Å²) >= 11 is 3.70. The van der Waals surface area contributed by atoms with Crippen LogP contribution in [0.4, 0.5) is 0 Å². The largest absolute Gasteiger partial charge is 0.357 e. The molecule has 0 aliphatic heterocycles. The SMILES string of the molecule is CCNC(=NCC1(c2ccccc2Br)CC1)NCCCCn1ccnc1C. The number of aliphatic imine (C=N–C) groups is 1. The normalized spacial score (nSPS) is 15.6. The number of nitrogens with zero attached hydrogens (tertiary/aromatic N) is 3. The van der Waals surface area contributed by atoms with Crippen LogP contribution in [0.2, 0.25) is 0 Å². The number of guanidine groups is 1. The zero-order chi connectivity index (χ0) is 19.1. The van der Waals surface area contributed by atoms with Gasteiger partial charge in [0.15, 0.2) is 5.96 Å². The molecule has 1 aliphatic rings. The van der Waals surface area contributed by atoms with Gasteiger partial charge in [-0.15, -0.1) is 0 Å². The quantitative estimate of drug-likeness (QED) is 0.358. The van der Waals surface area contributed by atoms with Crippen LogP contribution in [0.15, 0.2) is 46.1 Å². The van der Waals surface area contributed by atoms with Crippen molar-refractivity contribution in [3.8, 4) is 0 Å². The molecule has 0 bridgehead atoms. The van der Waals surface area contributed by atoms with E-state index in [0.29, 0.717) is 0 Å². The summed E-state index contributed by atoms with van der Waals surface area (Å²) in [5, 5.41) is 6.86. The van der Waals surface area contributed by atoms with Gasteiger partial charge in [0.2, 0.25) is 0 Å². The maximum absolute atomic E-state index is 4.89. The molecule has 0 radical (unpaired) electrons. The first-order valence-corrected chi connectivity index (χ1v) is 10.7. The minimum absolute atomic E-state index is 0.210. The predicted molar refractivity (Wildman–Crippen MR) is 115 cm³/mol. The van der Waals surface area contributed by atoms with Gasteiger partial charge in [0.05, 0.1) is 6.54 Å². The molecule has 27 heavy (non-hydrogen) atoms. The summed E-state index contributed by atoms with van der Waals surface area (Å²) in [6.07, 6.45) is 8.57. The fraction of sp³-hybridized carbons (Fsp3) is 0.524. The van der Waals surface area contributed by atoms with E-state index < -0.39 is 0 Å². The van der Waals surface area contributed by atoms with E-state index >= 15 is 0 Å². The molecule has 1 aromatic heterocycles. The van der Waals surface area contributed by atoms with Crippen LogP contribution in [0.25, 0.3) is 0 Å². The molecule has 0 atom stereocenters. The molecule has 2 N–H and O–H groups in total. The maximum atomic E-state index is 4.89. The van der Waals surface area contributed by atoms with E-state index in [-0.39, 0.29) is 5.41 Å². The standard InChI is InChI=1S/C21H30BrN5/c1-3-23-20(25-12-6-7-14-27-15-13-24-17(27)2)26-16-21(10-11-21)18-8-4-5-9-19(18)22/h4-5,8-9,13,15H,3,6-7,10-12,14,16H2,1-2H3,(H2,23,25,26). The average molecular weight is 432 g/mol. The highest BCUT2D eigenvalue weighted by Gasteiger charge is 2.45. The zero-order valence-electron chi connectivity index (χ0n) is 16.3. The second-order valence-corrected chi connectivity index (χ2v) is 8.11. The van der Waals surface area contributed by atoms with Gasteiger partial charge in [0.1, 0.15) is 5.82 Å². The van der Waals surface area contributed by atoms with E-state index in [2.05, 4.69) is 67.3 Å². The van der Waals surface area contributed by atoms with Gasteiger partial charge in [-0.1, -0.05) is 34.1 Å². The highest BCUT2D eigenvalue weighted by molar-refractivity contribution is 9.10. The van der Waals surface area contributed by atoms with Crippen molar-refractivity contribution in [1.29, 1.82) is 0 Å². The molecule has 0 amide bonds. The summed E-state index contributed by atoms with van der Waals surface area (Å²) in [5.74, 6) is 2.01. The lowest BCUT2D eigenvalue weighted by Gasteiger charge is -2.17. The number of benzene rings is 1. The van der Waals surface area contributed by atoms with Gasteiger partial charge in [0.25, 0.3) is 0 Å². The van der Waals surface area contributed by atoms with Gasteiger partial charge in [-0.2, -0.15) is 0 Å². The monoisotopic (exact) mass is 431 g/mol. The minimum Gasteiger partial charge on any atom is -0.357 e. The molecule has 0 unspecified atom stereocenters. The molecule has 1 aromatic carbocycles. The molecule has 1 heterocycles. The Morgan fingerprint density at radius 1 is 1.26 bits per heavy atom. The van der Waals surface area contributed by atoms with Crippen molar-refractivity contribution in [2.45, 2.75) is 51.5 Å². The number of aromatic nitrogens is 2. The Kier molecular flexibility index (Phi) is 6.94. The Balaban J connectivity index is 1.48. The molecule has 6 heteroatoms. The van der Waals surface area contributed by atoms with Crippen LogP contribution >= 0.6 is 15.9 Å². The predicted octanol–water partition coefficient (Wildman–Crippen LogP) is 4.02. The number of unbranched alkanes of at least 4 members (excludes halogenated alkanes) is 1. The third-order valence-electron chi connectivity index (χ3n) is 5.22. The molecule has 2 aromatic rings. The van der Waals surface area contributed by atoms with E-state index in [0.717, 1.165) is 50.8 Å². The molecule has 1 aliphatic carbocycles. The van der Waals surface area contributed by atoms with Crippen LogP contribution in [-0.2, 0) is 12.0 Å². The summed E-state index contributed by atoms with van der Waals surface area (Å²) in [7, 11) is 0. The number of aryl methyl sites for hydroxylation is 2. The van der Waals surface area contributed by atoms with Gasteiger partial charge in [-0.3, -0.25) is 4.99 Å². The Morgan fingerprint density at radius 3 is 2.74 bits per heavy atom. The lowest BCUT2D eigenvalue weighted by Crippen LogP contribution is -2.38. The van der Waals surface area contributed by atoms with E-state index in [1.54, 1.807) is 0 Å². The van der Waals surface area contributed by atoms with Gasteiger partial charge in [-0.05, 0) is 51.2 Å². The molecule has 3 rings (SSSR count). The van der Waals surface area contributed by atoms with Gasteiger partial charge in [-0.25, -0.2) is 4.98 Å². The van der Waals surface area contributed by atoms with Crippen LogP contribution < -0.4 is 10.6 Å². The van der Waals surface area contributed by atoms with Gasteiger partial charge in [0, 0.05) is 41.9 Å². The molecule has 5 nitrogen and oxygen atoms in total. The Morgan fingerprint density at radius 2 is 2.07 bits per heavy atom. The molecular formula is C21H30BrN5. The number of rotatable bonds is 9. The minimum atomic E-state index is 0.210. The summed E-state index contributed by atoms with van der Waals surface area (Å²) in [4.78, 5) is 9.15. The van der Waals surface area contributed by atoms with Crippen LogP contribution in [0.3, 0.4) is 0 Å². The van der Waals surface area contributed by atoms with Gasteiger partial charge < -0.3 is 15.2 Å².